The summed E-state index contributed by atoms with van der Waals surface area (Å²) >= 11 is 0. The van der Waals surface area contributed by atoms with E-state index in [4.69, 9.17) is 14.6 Å². The third kappa shape index (κ3) is 3.71. The predicted molar refractivity (Wildman–Crippen MR) is 70.6 cm³/mol. The van der Waals surface area contributed by atoms with Crippen LogP contribution in [0.4, 0.5) is 0 Å². The summed E-state index contributed by atoms with van der Waals surface area (Å²) in [4.78, 5) is 24.3. The molecule has 108 valence electrons. The summed E-state index contributed by atoms with van der Waals surface area (Å²) in [6.45, 7) is 2.54. The lowest BCUT2D eigenvalue weighted by atomic mass is 10.2. The second-order valence-corrected chi connectivity index (χ2v) is 4.64. The molecule has 0 saturated carbocycles. The van der Waals surface area contributed by atoms with Crippen LogP contribution in [0.1, 0.15) is 5.56 Å². The summed E-state index contributed by atoms with van der Waals surface area (Å²) in [5, 5.41) is 8.88. The number of carboxylic acid groups (broad SMARTS) is 1. The van der Waals surface area contributed by atoms with Crippen molar-refractivity contribution in [3.05, 3.63) is 29.8 Å². The molecule has 1 N–H and O–H groups in total. The van der Waals surface area contributed by atoms with E-state index < -0.39 is 12.1 Å². The van der Waals surface area contributed by atoms with Crippen LogP contribution in [0.15, 0.2) is 24.3 Å². The van der Waals surface area contributed by atoms with Crippen molar-refractivity contribution in [2.24, 2.45) is 0 Å². The van der Waals surface area contributed by atoms with Crippen molar-refractivity contribution in [1.82, 2.24) is 4.90 Å². The molecule has 0 aliphatic carbocycles. The number of rotatable bonds is 4. The molecule has 1 amide bonds. The van der Waals surface area contributed by atoms with Crippen molar-refractivity contribution in [1.29, 1.82) is 0 Å². The Morgan fingerprint density at radius 3 is 2.75 bits per heavy atom. The minimum absolute atomic E-state index is 0.0609. The Kier molecular flexibility index (Phi) is 4.57. The van der Waals surface area contributed by atoms with Gasteiger partial charge in [-0.3, -0.25) is 4.79 Å². The third-order valence-electron chi connectivity index (χ3n) is 3.08. The monoisotopic (exact) mass is 279 g/mol. The van der Waals surface area contributed by atoms with Gasteiger partial charge in [0.1, 0.15) is 5.75 Å². The smallest absolute Gasteiger partial charge is 0.334 e. The van der Waals surface area contributed by atoms with Gasteiger partial charge in [-0.25, -0.2) is 4.79 Å². The number of aliphatic carboxylic acids is 1. The van der Waals surface area contributed by atoms with E-state index >= 15 is 0 Å². The number of benzene rings is 1. The van der Waals surface area contributed by atoms with Gasteiger partial charge in [0.05, 0.1) is 13.2 Å². The second-order valence-electron chi connectivity index (χ2n) is 4.64. The van der Waals surface area contributed by atoms with Crippen LogP contribution in [0.3, 0.4) is 0 Å². The van der Waals surface area contributed by atoms with Crippen molar-refractivity contribution in [2.45, 2.75) is 13.0 Å². The summed E-state index contributed by atoms with van der Waals surface area (Å²) in [5.74, 6) is -0.672. The van der Waals surface area contributed by atoms with Gasteiger partial charge in [0.25, 0.3) is 5.91 Å². The number of morpholine rings is 1. The molecule has 6 heteroatoms. The Balaban J connectivity index is 1.85. The molecule has 6 nitrogen and oxygen atoms in total. The molecule has 1 aromatic carbocycles. The van der Waals surface area contributed by atoms with Crippen LogP contribution in [0.25, 0.3) is 0 Å². The first-order valence-electron chi connectivity index (χ1n) is 6.38. The van der Waals surface area contributed by atoms with Crippen LogP contribution < -0.4 is 4.74 Å². The zero-order valence-corrected chi connectivity index (χ0v) is 11.2. The molecule has 20 heavy (non-hydrogen) atoms. The minimum Gasteiger partial charge on any atom is -0.484 e. The molecule has 1 atom stereocenters. The normalized spacial score (nSPS) is 18.6. The lowest BCUT2D eigenvalue weighted by molar-refractivity contribution is -0.159. The number of carbonyl (C=O) groups excluding carboxylic acids is 1. The number of aryl methyl sites for hydroxylation is 1. The maximum absolute atomic E-state index is 12.0. The maximum Gasteiger partial charge on any atom is 0.334 e. The second kappa shape index (κ2) is 6.38. The average Bonchev–Trinajstić information content (AvgIpc) is 2.46. The number of hydrogen-bond acceptors (Lipinski definition) is 4. The molecular weight excluding hydrogens is 262 g/mol. The molecule has 1 fully saturated rings. The summed E-state index contributed by atoms with van der Waals surface area (Å²) in [6.07, 6.45) is -0.952. The number of nitrogens with zero attached hydrogens (tertiary/aromatic N) is 1. The minimum atomic E-state index is -1.05. The van der Waals surface area contributed by atoms with Gasteiger partial charge < -0.3 is 19.5 Å². The fourth-order valence-corrected chi connectivity index (χ4v) is 1.90. The Morgan fingerprint density at radius 1 is 1.40 bits per heavy atom. The zero-order valence-electron chi connectivity index (χ0n) is 11.2. The Labute approximate surface area is 116 Å². The molecule has 0 spiro atoms. The van der Waals surface area contributed by atoms with Crippen molar-refractivity contribution in [3.63, 3.8) is 0 Å². The topological polar surface area (TPSA) is 76.1 Å². The van der Waals surface area contributed by atoms with Crippen LogP contribution in [0.5, 0.6) is 5.75 Å². The molecule has 0 radical (unpaired) electrons. The van der Waals surface area contributed by atoms with Gasteiger partial charge in [-0.15, -0.1) is 0 Å². The van der Waals surface area contributed by atoms with E-state index in [9.17, 15) is 9.59 Å². The summed E-state index contributed by atoms with van der Waals surface area (Å²) in [7, 11) is 0. The summed E-state index contributed by atoms with van der Waals surface area (Å²) < 4.78 is 10.5. The van der Waals surface area contributed by atoms with Crippen molar-refractivity contribution in [2.75, 3.05) is 26.3 Å². The largest absolute Gasteiger partial charge is 0.484 e. The summed E-state index contributed by atoms with van der Waals surface area (Å²) in [6, 6.07) is 7.38. The van der Waals surface area contributed by atoms with Crippen LogP contribution in [0, 0.1) is 6.92 Å². The van der Waals surface area contributed by atoms with Crippen molar-refractivity contribution in [3.8, 4) is 5.75 Å². The highest BCUT2D eigenvalue weighted by Crippen LogP contribution is 2.12. The first-order valence-corrected chi connectivity index (χ1v) is 6.38. The van der Waals surface area contributed by atoms with Crippen LogP contribution in [-0.4, -0.2) is 54.3 Å². The highest BCUT2D eigenvalue weighted by molar-refractivity contribution is 5.79. The number of hydrogen-bond donors (Lipinski definition) is 1. The molecule has 1 saturated heterocycles. The summed E-state index contributed by atoms with van der Waals surface area (Å²) in [5.41, 5.74) is 1.11. The molecule has 1 heterocycles. The maximum atomic E-state index is 12.0. The average molecular weight is 279 g/mol. The lowest BCUT2D eigenvalue weighted by Gasteiger charge is -2.30. The Bertz CT molecular complexity index is 485. The van der Waals surface area contributed by atoms with E-state index in [0.29, 0.717) is 12.3 Å². The van der Waals surface area contributed by atoms with Gasteiger partial charge in [0.15, 0.2) is 12.7 Å². The first kappa shape index (κ1) is 14.3. The van der Waals surface area contributed by atoms with E-state index in [1.165, 1.54) is 4.90 Å². The van der Waals surface area contributed by atoms with Crippen LogP contribution in [-0.2, 0) is 14.3 Å². The SMILES string of the molecule is Cc1ccc(OCC(=O)N2CCOC(C(=O)O)C2)cc1. The van der Waals surface area contributed by atoms with Crippen LogP contribution >= 0.6 is 0 Å². The van der Waals surface area contributed by atoms with Gasteiger partial charge in [-0.05, 0) is 19.1 Å². The third-order valence-corrected chi connectivity index (χ3v) is 3.08. The number of carboxylic acids is 1. The number of carbonyl (C=O) groups is 2. The number of amides is 1. The lowest BCUT2D eigenvalue weighted by Crippen LogP contribution is -2.49. The van der Waals surface area contributed by atoms with E-state index in [1.54, 1.807) is 12.1 Å². The number of ether oxygens (including phenoxy) is 2. The molecule has 1 aliphatic heterocycles. The van der Waals surface area contributed by atoms with Gasteiger partial charge in [0, 0.05) is 6.54 Å². The standard InChI is InChI=1S/C14H17NO5/c1-10-2-4-11(5-3-10)20-9-13(16)15-6-7-19-12(8-15)14(17)18/h2-5,12H,6-9H2,1H3,(H,17,18). The van der Waals surface area contributed by atoms with Gasteiger partial charge in [-0.2, -0.15) is 0 Å². The first-order chi connectivity index (χ1) is 9.56. The van der Waals surface area contributed by atoms with E-state index in [0.717, 1.165) is 5.56 Å². The molecule has 1 aromatic rings. The fourth-order valence-electron chi connectivity index (χ4n) is 1.90. The van der Waals surface area contributed by atoms with Crippen LogP contribution in [0.2, 0.25) is 0 Å². The van der Waals surface area contributed by atoms with E-state index in [2.05, 4.69) is 0 Å². The molecule has 1 unspecified atom stereocenters. The van der Waals surface area contributed by atoms with Gasteiger partial charge >= 0.3 is 5.97 Å². The fraction of sp³-hybridized carbons (Fsp3) is 0.429. The van der Waals surface area contributed by atoms with E-state index in [1.807, 2.05) is 19.1 Å². The molecule has 0 bridgehead atoms. The molecule has 0 aromatic heterocycles. The zero-order chi connectivity index (χ0) is 14.5. The van der Waals surface area contributed by atoms with Gasteiger partial charge in [0.2, 0.25) is 0 Å². The quantitative estimate of drug-likeness (QED) is 0.877. The predicted octanol–water partition coefficient (Wildman–Crippen LogP) is 0.686. The Hall–Kier alpha value is -2.08. The molecular formula is C14H17NO5. The molecule has 2 rings (SSSR count). The highest BCUT2D eigenvalue weighted by atomic mass is 16.5. The van der Waals surface area contributed by atoms with E-state index in [-0.39, 0.29) is 25.7 Å². The van der Waals surface area contributed by atoms with Crippen molar-refractivity contribution >= 4 is 11.9 Å². The Morgan fingerprint density at radius 2 is 2.10 bits per heavy atom. The highest BCUT2D eigenvalue weighted by Gasteiger charge is 2.28. The van der Waals surface area contributed by atoms with Crippen molar-refractivity contribution < 1.29 is 24.2 Å². The molecule has 1 aliphatic rings. The van der Waals surface area contributed by atoms with Gasteiger partial charge in [-0.1, -0.05) is 17.7 Å².